The summed E-state index contributed by atoms with van der Waals surface area (Å²) < 4.78 is 0. The van der Waals surface area contributed by atoms with E-state index in [-0.39, 0.29) is 0 Å². The van der Waals surface area contributed by atoms with Crippen molar-refractivity contribution in [2.24, 2.45) is 0 Å². The van der Waals surface area contributed by atoms with Gasteiger partial charge < -0.3 is 5.32 Å². The van der Waals surface area contributed by atoms with Crippen LogP contribution in [0.2, 0.25) is 0 Å². The average molecular weight is 235 g/mol. The van der Waals surface area contributed by atoms with Crippen molar-refractivity contribution in [1.82, 2.24) is 5.32 Å². The topological polar surface area (TPSA) is 12.0 Å². The van der Waals surface area contributed by atoms with E-state index >= 15 is 0 Å². The molecule has 0 spiro atoms. The third kappa shape index (κ3) is 2.80. The van der Waals surface area contributed by atoms with Crippen LogP contribution in [0.1, 0.15) is 37.4 Å². The highest BCUT2D eigenvalue weighted by molar-refractivity contribution is 8.00. The maximum atomic E-state index is 3.75. The van der Waals surface area contributed by atoms with Crippen LogP contribution in [-0.4, -0.2) is 17.0 Å². The van der Waals surface area contributed by atoms with Crippen molar-refractivity contribution >= 4 is 11.8 Å². The number of hydrogen-bond acceptors (Lipinski definition) is 2. The zero-order valence-electron chi connectivity index (χ0n) is 10.4. The molecule has 1 N–H and O–H groups in total. The molecule has 0 radical (unpaired) electrons. The van der Waals surface area contributed by atoms with E-state index in [9.17, 15) is 0 Å². The van der Waals surface area contributed by atoms with Gasteiger partial charge in [-0.1, -0.05) is 31.2 Å². The summed E-state index contributed by atoms with van der Waals surface area (Å²) in [4.78, 5) is 0. The lowest BCUT2D eigenvalue weighted by Crippen LogP contribution is -2.31. The summed E-state index contributed by atoms with van der Waals surface area (Å²) in [6, 6.07) is 9.83. The van der Waals surface area contributed by atoms with Gasteiger partial charge in [0.2, 0.25) is 0 Å². The Morgan fingerprint density at radius 3 is 2.75 bits per heavy atom. The maximum Gasteiger partial charge on any atom is 0.0297 e. The number of benzene rings is 1. The van der Waals surface area contributed by atoms with Crippen LogP contribution in [0.25, 0.3) is 0 Å². The first kappa shape index (κ1) is 12.0. The van der Waals surface area contributed by atoms with Gasteiger partial charge in [-0.05, 0) is 31.4 Å². The fourth-order valence-electron chi connectivity index (χ4n) is 2.45. The first-order valence-corrected chi connectivity index (χ1v) is 7.15. The van der Waals surface area contributed by atoms with Crippen molar-refractivity contribution in [3.05, 3.63) is 35.4 Å². The lowest BCUT2D eigenvalue weighted by atomic mass is 10.0. The van der Waals surface area contributed by atoms with E-state index in [0.29, 0.717) is 12.1 Å². The average Bonchev–Trinajstić information content (AvgIpc) is 2.64. The molecule has 16 heavy (non-hydrogen) atoms. The summed E-state index contributed by atoms with van der Waals surface area (Å²) in [6.07, 6.45) is 1.31. The predicted molar refractivity (Wildman–Crippen MR) is 73.1 cm³/mol. The third-order valence-corrected chi connectivity index (χ3v) is 4.70. The van der Waals surface area contributed by atoms with Gasteiger partial charge in [-0.3, -0.25) is 0 Å². The van der Waals surface area contributed by atoms with E-state index in [1.54, 1.807) is 0 Å². The number of nitrogens with one attached hydrogen (secondary N) is 1. The zero-order valence-corrected chi connectivity index (χ0v) is 11.2. The molecule has 2 rings (SSSR count). The summed E-state index contributed by atoms with van der Waals surface area (Å²) >= 11 is 2.08. The smallest absolute Gasteiger partial charge is 0.0297 e. The molecule has 1 fully saturated rings. The lowest BCUT2D eigenvalue weighted by Gasteiger charge is -2.20. The third-order valence-electron chi connectivity index (χ3n) is 3.34. The Hall–Kier alpha value is -0.470. The molecule has 0 amide bonds. The van der Waals surface area contributed by atoms with Crippen LogP contribution in [0.3, 0.4) is 0 Å². The molecule has 0 aliphatic carbocycles. The van der Waals surface area contributed by atoms with Crippen LogP contribution in [0, 0.1) is 6.92 Å². The Balaban J connectivity index is 1.98. The Morgan fingerprint density at radius 1 is 1.38 bits per heavy atom. The molecule has 88 valence electrons. The highest BCUT2D eigenvalue weighted by Gasteiger charge is 2.23. The largest absolute Gasteiger partial charge is 0.307 e. The molecule has 1 saturated heterocycles. The van der Waals surface area contributed by atoms with E-state index in [4.69, 9.17) is 0 Å². The highest BCUT2D eigenvalue weighted by atomic mass is 32.2. The summed E-state index contributed by atoms with van der Waals surface area (Å²) in [6.45, 7) is 6.79. The quantitative estimate of drug-likeness (QED) is 0.860. The van der Waals surface area contributed by atoms with Crippen molar-refractivity contribution in [2.45, 2.75) is 44.5 Å². The second-order valence-corrected chi connectivity index (χ2v) is 6.29. The van der Waals surface area contributed by atoms with Crippen molar-refractivity contribution in [1.29, 1.82) is 0 Å². The molecule has 1 heterocycles. The SMILES string of the molecule is Cc1ccccc1[C@@H](C)NC1CSC(C)C1. The molecule has 2 unspecified atom stereocenters. The molecule has 1 aromatic rings. The minimum atomic E-state index is 0.470. The minimum absolute atomic E-state index is 0.470. The fourth-order valence-corrected chi connectivity index (χ4v) is 3.61. The highest BCUT2D eigenvalue weighted by Crippen LogP contribution is 2.28. The van der Waals surface area contributed by atoms with Gasteiger partial charge in [0, 0.05) is 23.1 Å². The Bertz CT molecular complexity index is 350. The molecule has 1 aliphatic rings. The molecule has 1 aromatic carbocycles. The van der Waals surface area contributed by atoms with Gasteiger partial charge >= 0.3 is 0 Å². The summed E-state index contributed by atoms with van der Waals surface area (Å²) in [5.74, 6) is 1.26. The van der Waals surface area contributed by atoms with E-state index in [1.807, 2.05) is 0 Å². The van der Waals surface area contributed by atoms with Gasteiger partial charge in [-0.25, -0.2) is 0 Å². The van der Waals surface area contributed by atoms with Crippen molar-refractivity contribution < 1.29 is 0 Å². The van der Waals surface area contributed by atoms with Gasteiger partial charge in [0.1, 0.15) is 0 Å². The van der Waals surface area contributed by atoms with Crippen LogP contribution in [0.5, 0.6) is 0 Å². The van der Waals surface area contributed by atoms with E-state index < -0.39 is 0 Å². The molecular weight excluding hydrogens is 214 g/mol. The molecule has 1 aliphatic heterocycles. The van der Waals surface area contributed by atoms with Crippen LogP contribution < -0.4 is 5.32 Å². The van der Waals surface area contributed by atoms with Gasteiger partial charge in [0.15, 0.2) is 0 Å². The first-order valence-electron chi connectivity index (χ1n) is 6.10. The van der Waals surface area contributed by atoms with Crippen molar-refractivity contribution in [3.63, 3.8) is 0 Å². The van der Waals surface area contributed by atoms with E-state index in [0.717, 1.165) is 5.25 Å². The molecule has 0 saturated carbocycles. The van der Waals surface area contributed by atoms with Gasteiger partial charge in [0.05, 0.1) is 0 Å². The molecule has 0 aromatic heterocycles. The maximum absolute atomic E-state index is 3.75. The predicted octanol–water partition coefficient (Wildman–Crippen LogP) is 3.54. The number of rotatable bonds is 3. The summed E-state index contributed by atoms with van der Waals surface area (Å²) in [7, 11) is 0. The minimum Gasteiger partial charge on any atom is -0.307 e. The molecule has 2 heteroatoms. The Labute approximate surface area is 103 Å². The first-order chi connectivity index (χ1) is 7.66. The molecule has 3 atom stereocenters. The van der Waals surface area contributed by atoms with Gasteiger partial charge in [-0.15, -0.1) is 0 Å². The summed E-state index contributed by atoms with van der Waals surface area (Å²) in [5.41, 5.74) is 2.83. The lowest BCUT2D eigenvalue weighted by molar-refractivity contribution is 0.473. The molecular formula is C14H21NS. The number of thioether (sulfide) groups is 1. The van der Waals surface area contributed by atoms with Crippen molar-refractivity contribution in [3.8, 4) is 0 Å². The standard InChI is InChI=1S/C14H21NS/c1-10-6-4-5-7-14(10)12(3)15-13-8-11(2)16-9-13/h4-7,11-13,15H,8-9H2,1-3H3/t11?,12-,13?/m1/s1. The molecule has 1 nitrogen and oxygen atoms in total. The van der Waals surface area contributed by atoms with Gasteiger partial charge in [-0.2, -0.15) is 11.8 Å². The zero-order chi connectivity index (χ0) is 11.5. The second-order valence-electron chi connectivity index (χ2n) is 4.82. The Morgan fingerprint density at radius 2 is 2.12 bits per heavy atom. The second kappa shape index (κ2) is 5.24. The Kier molecular flexibility index (Phi) is 3.93. The van der Waals surface area contributed by atoms with Gasteiger partial charge in [0.25, 0.3) is 0 Å². The normalized spacial score (nSPS) is 26.9. The van der Waals surface area contributed by atoms with Crippen LogP contribution in [-0.2, 0) is 0 Å². The van der Waals surface area contributed by atoms with Crippen LogP contribution in [0.15, 0.2) is 24.3 Å². The van der Waals surface area contributed by atoms with Crippen molar-refractivity contribution in [2.75, 3.05) is 5.75 Å². The monoisotopic (exact) mass is 235 g/mol. The van der Waals surface area contributed by atoms with E-state index in [1.165, 1.54) is 23.3 Å². The fraction of sp³-hybridized carbons (Fsp3) is 0.571. The van der Waals surface area contributed by atoms with E-state index in [2.05, 4.69) is 62.1 Å². The number of hydrogen-bond donors (Lipinski definition) is 1. The van der Waals surface area contributed by atoms with Crippen LogP contribution in [0.4, 0.5) is 0 Å². The molecule has 0 bridgehead atoms. The number of aryl methyl sites for hydroxylation is 1. The summed E-state index contributed by atoms with van der Waals surface area (Å²) in [5, 5.41) is 4.57. The van der Waals surface area contributed by atoms with Crippen LogP contribution >= 0.6 is 11.8 Å².